The zero-order valence-corrected chi connectivity index (χ0v) is 16.5. The van der Waals surface area contributed by atoms with E-state index in [1.165, 1.54) is 12.1 Å². The maximum Gasteiger partial charge on any atom is 0.256 e. The Kier molecular flexibility index (Phi) is 5.22. The summed E-state index contributed by atoms with van der Waals surface area (Å²) in [4.78, 5) is 12.7. The number of sulfonamides is 1. The monoisotopic (exact) mass is 404 g/mol. The Bertz CT molecular complexity index is 976. The lowest BCUT2D eigenvalue weighted by atomic mass is 10.2. The number of carbonyl (C=O) groups is 1. The molecule has 4 rings (SSSR count). The van der Waals surface area contributed by atoms with Crippen LogP contribution in [0.25, 0.3) is 0 Å². The minimum atomic E-state index is -3.72. The van der Waals surface area contributed by atoms with Crippen LogP contribution in [0.2, 0.25) is 0 Å². The van der Waals surface area contributed by atoms with E-state index < -0.39 is 15.9 Å². The van der Waals surface area contributed by atoms with E-state index in [2.05, 4.69) is 20.2 Å². The number of anilines is 1. The molecule has 2 heterocycles. The van der Waals surface area contributed by atoms with Crippen molar-refractivity contribution in [3.8, 4) is 0 Å². The molecule has 9 heteroatoms. The van der Waals surface area contributed by atoms with Crippen LogP contribution in [0, 0.1) is 6.92 Å². The Labute approximate surface area is 164 Å². The molecule has 1 amide bonds. The molecule has 0 spiro atoms. The molecule has 28 heavy (non-hydrogen) atoms. The average molecular weight is 404 g/mol. The number of aromatic nitrogens is 2. The zero-order chi connectivity index (χ0) is 19.7. The summed E-state index contributed by atoms with van der Waals surface area (Å²) in [6.45, 7) is 2.81. The number of nitrogens with one attached hydrogen (secondary N) is 3. The third-order valence-electron chi connectivity index (χ3n) is 5.20. The van der Waals surface area contributed by atoms with Gasteiger partial charge in [0.2, 0.25) is 10.0 Å². The fourth-order valence-electron chi connectivity index (χ4n) is 3.38. The first-order valence-electron chi connectivity index (χ1n) is 9.51. The number of nitrogens with zero attached hydrogens (tertiary/aromatic N) is 1. The maximum absolute atomic E-state index is 12.6. The number of aromatic amines is 1. The van der Waals surface area contributed by atoms with Gasteiger partial charge in [-0.25, -0.2) is 13.1 Å². The first-order chi connectivity index (χ1) is 13.4. The van der Waals surface area contributed by atoms with Crippen molar-refractivity contribution in [2.75, 3.05) is 18.5 Å². The van der Waals surface area contributed by atoms with Crippen LogP contribution < -0.4 is 10.0 Å². The SMILES string of the molecule is Cc1c(NC(=O)c2cccc(S(=O)(=O)NC[C@H]3CCCO3)c2)n[nH]c1C1CC1. The second-order valence-electron chi connectivity index (χ2n) is 7.35. The Morgan fingerprint density at radius 1 is 1.32 bits per heavy atom. The van der Waals surface area contributed by atoms with Crippen LogP contribution >= 0.6 is 0 Å². The Balaban J connectivity index is 1.45. The molecule has 2 aromatic rings. The van der Waals surface area contributed by atoms with E-state index in [4.69, 9.17) is 4.74 Å². The highest BCUT2D eigenvalue weighted by molar-refractivity contribution is 7.89. The van der Waals surface area contributed by atoms with Crippen LogP contribution in [0.3, 0.4) is 0 Å². The zero-order valence-electron chi connectivity index (χ0n) is 15.7. The molecule has 1 aromatic heterocycles. The Morgan fingerprint density at radius 3 is 2.86 bits per heavy atom. The third kappa shape index (κ3) is 4.11. The highest BCUT2D eigenvalue weighted by Gasteiger charge is 2.28. The molecule has 0 radical (unpaired) electrons. The molecular weight excluding hydrogens is 380 g/mol. The topological polar surface area (TPSA) is 113 Å². The fraction of sp³-hybridized carbons (Fsp3) is 0.474. The van der Waals surface area contributed by atoms with Crippen molar-refractivity contribution >= 4 is 21.7 Å². The van der Waals surface area contributed by atoms with Crippen LogP contribution in [-0.2, 0) is 14.8 Å². The number of hydrogen-bond donors (Lipinski definition) is 3. The van der Waals surface area contributed by atoms with E-state index in [1.54, 1.807) is 12.1 Å². The van der Waals surface area contributed by atoms with Gasteiger partial charge in [0.25, 0.3) is 5.91 Å². The third-order valence-corrected chi connectivity index (χ3v) is 6.62. The summed E-state index contributed by atoms with van der Waals surface area (Å²) in [5.41, 5.74) is 2.25. The first-order valence-corrected chi connectivity index (χ1v) is 11.0. The number of hydrogen-bond acceptors (Lipinski definition) is 5. The number of carbonyl (C=O) groups excluding carboxylic acids is 1. The average Bonchev–Trinajstić information content (AvgIpc) is 3.27. The largest absolute Gasteiger partial charge is 0.377 e. The highest BCUT2D eigenvalue weighted by Crippen LogP contribution is 2.41. The standard InChI is InChI=1S/C19H24N4O4S/c1-12-17(13-7-8-13)22-23-18(12)21-19(24)14-4-2-6-16(10-14)28(25,26)20-11-15-5-3-9-27-15/h2,4,6,10,13,15,20H,3,5,7-9,11H2,1H3,(H2,21,22,23,24)/t15-/m1/s1. The molecule has 2 fully saturated rings. The number of rotatable bonds is 7. The predicted molar refractivity (Wildman–Crippen MR) is 104 cm³/mol. The summed E-state index contributed by atoms with van der Waals surface area (Å²) in [5.74, 6) is 0.589. The predicted octanol–water partition coefficient (Wildman–Crippen LogP) is 2.31. The molecule has 0 unspecified atom stereocenters. The van der Waals surface area contributed by atoms with Crippen LogP contribution in [0.1, 0.15) is 53.2 Å². The molecule has 3 N–H and O–H groups in total. The number of H-pyrrole nitrogens is 1. The summed E-state index contributed by atoms with van der Waals surface area (Å²) in [6, 6.07) is 5.98. The minimum absolute atomic E-state index is 0.0515. The number of amides is 1. The smallest absolute Gasteiger partial charge is 0.256 e. The summed E-state index contributed by atoms with van der Waals surface area (Å²) in [5, 5.41) is 9.94. The van der Waals surface area contributed by atoms with Gasteiger partial charge in [0, 0.05) is 35.9 Å². The second-order valence-corrected chi connectivity index (χ2v) is 9.12. The molecule has 1 saturated heterocycles. The van der Waals surface area contributed by atoms with Gasteiger partial charge in [-0.15, -0.1) is 0 Å². The van der Waals surface area contributed by atoms with Crippen LogP contribution in [0.15, 0.2) is 29.2 Å². The van der Waals surface area contributed by atoms with Crippen LogP contribution in [0.4, 0.5) is 5.82 Å². The quantitative estimate of drug-likeness (QED) is 0.655. The molecule has 0 bridgehead atoms. The van der Waals surface area contributed by atoms with Crippen LogP contribution in [0.5, 0.6) is 0 Å². The molecule has 1 aromatic carbocycles. The van der Waals surface area contributed by atoms with Gasteiger partial charge >= 0.3 is 0 Å². The van der Waals surface area contributed by atoms with Crippen molar-refractivity contribution in [3.63, 3.8) is 0 Å². The van der Waals surface area contributed by atoms with Gasteiger partial charge in [0.05, 0.1) is 11.0 Å². The van der Waals surface area contributed by atoms with Crippen molar-refractivity contribution < 1.29 is 17.9 Å². The van der Waals surface area contributed by atoms with Gasteiger partial charge in [-0.2, -0.15) is 5.10 Å². The summed E-state index contributed by atoms with van der Waals surface area (Å²) >= 11 is 0. The van der Waals surface area contributed by atoms with Crippen molar-refractivity contribution in [2.24, 2.45) is 0 Å². The van der Waals surface area contributed by atoms with Gasteiger partial charge in [-0.3, -0.25) is 9.89 Å². The van der Waals surface area contributed by atoms with Gasteiger partial charge in [-0.05, 0) is 50.8 Å². The normalized spacial score (nSPS) is 19.7. The van der Waals surface area contributed by atoms with E-state index in [0.717, 1.165) is 36.9 Å². The first kappa shape index (κ1) is 19.1. The van der Waals surface area contributed by atoms with Crippen molar-refractivity contribution in [1.82, 2.24) is 14.9 Å². The lowest BCUT2D eigenvalue weighted by Gasteiger charge is -2.12. The van der Waals surface area contributed by atoms with Crippen molar-refractivity contribution in [3.05, 3.63) is 41.1 Å². The molecule has 8 nitrogen and oxygen atoms in total. The maximum atomic E-state index is 12.6. The van der Waals surface area contributed by atoms with Crippen LogP contribution in [-0.4, -0.2) is 43.8 Å². The van der Waals surface area contributed by atoms with Crippen molar-refractivity contribution in [2.45, 2.75) is 49.5 Å². The van der Waals surface area contributed by atoms with Gasteiger partial charge in [-0.1, -0.05) is 6.07 Å². The molecule has 1 atom stereocenters. The van der Waals surface area contributed by atoms with Gasteiger partial charge in [0.15, 0.2) is 5.82 Å². The Morgan fingerprint density at radius 2 is 2.14 bits per heavy atom. The molecule has 2 aliphatic rings. The fourth-order valence-corrected chi connectivity index (χ4v) is 4.49. The Hall–Kier alpha value is -2.23. The van der Waals surface area contributed by atoms with E-state index >= 15 is 0 Å². The molecule has 1 aliphatic heterocycles. The van der Waals surface area contributed by atoms with Gasteiger partial charge in [0.1, 0.15) is 0 Å². The summed E-state index contributed by atoms with van der Waals surface area (Å²) in [6.07, 6.45) is 3.96. The summed E-state index contributed by atoms with van der Waals surface area (Å²) in [7, 11) is -3.72. The van der Waals surface area contributed by atoms with Crippen molar-refractivity contribution in [1.29, 1.82) is 0 Å². The number of ether oxygens (including phenoxy) is 1. The minimum Gasteiger partial charge on any atom is -0.377 e. The second kappa shape index (κ2) is 7.65. The van der Waals surface area contributed by atoms with E-state index in [9.17, 15) is 13.2 Å². The molecule has 1 saturated carbocycles. The van der Waals surface area contributed by atoms with Gasteiger partial charge < -0.3 is 10.1 Å². The number of benzene rings is 1. The molecule has 1 aliphatic carbocycles. The highest BCUT2D eigenvalue weighted by atomic mass is 32.2. The lowest BCUT2D eigenvalue weighted by molar-refractivity contribution is 0.102. The molecular formula is C19H24N4O4S. The summed E-state index contributed by atoms with van der Waals surface area (Å²) < 4.78 is 33.1. The van der Waals surface area contributed by atoms with E-state index in [1.807, 2.05) is 6.92 Å². The lowest BCUT2D eigenvalue weighted by Crippen LogP contribution is -2.32. The van der Waals surface area contributed by atoms with E-state index in [-0.39, 0.29) is 23.1 Å². The molecule has 150 valence electrons. The van der Waals surface area contributed by atoms with E-state index in [0.29, 0.717) is 18.3 Å².